The molecule has 0 aromatic rings. The quantitative estimate of drug-likeness (QED) is 0.0262. The first-order chi connectivity index (χ1) is 36.0. The third-order valence-electron chi connectivity index (χ3n) is 10.9. The molecule has 0 spiro atoms. The molecule has 0 aromatic heterocycles. The summed E-state index contributed by atoms with van der Waals surface area (Å²) in [6.45, 7) is 6.19. The second kappa shape index (κ2) is 59.1. The van der Waals surface area contributed by atoms with Crippen LogP contribution in [-0.2, 0) is 28.6 Å². The second-order valence-electron chi connectivity index (χ2n) is 17.7. The van der Waals surface area contributed by atoms with Crippen LogP contribution in [-0.4, -0.2) is 37.2 Å². The van der Waals surface area contributed by atoms with Crippen LogP contribution in [0.5, 0.6) is 0 Å². The van der Waals surface area contributed by atoms with Crippen molar-refractivity contribution in [1.82, 2.24) is 0 Å². The predicted octanol–water partition coefficient (Wildman–Crippen LogP) is 19.3. The Hall–Kier alpha value is -5.49. The molecule has 6 nitrogen and oxygen atoms in total. The lowest BCUT2D eigenvalue weighted by molar-refractivity contribution is -0.166. The highest BCUT2D eigenvalue weighted by atomic mass is 16.6. The van der Waals surface area contributed by atoms with Gasteiger partial charge in [-0.05, 0) is 135 Å². The maximum atomic E-state index is 12.8. The molecule has 0 heterocycles. The van der Waals surface area contributed by atoms with Gasteiger partial charge in [0.05, 0.1) is 0 Å². The molecule has 1 atom stereocenters. The standard InChI is InChI=1S/C67H100O6/c1-4-7-10-13-16-19-22-25-27-29-31-32-33-34-36-37-39-42-45-48-51-54-57-60-66(69)72-63-64(62-71-65(68)59-56-53-50-47-44-41-24-21-18-15-12-9-6-3)73-67(70)61-58-55-52-49-46-43-40-38-35-30-28-26-23-20-17-14-11-8-5-2/h7-8,10-12,15-17,19-21,24-28,31-32,34-36,38-39,42-43,46,48,51-52,55,64H,4-6,9,13-14,18,22-23,29-30,33,37,40-41,44-45,47,49-50,53-54,56-63H2,1-3H3/b10-7-,11-8-,15-12-,19-16-,20-17-,24-21-,27-25-,28-26-,32-31-,36-34-,38-35-,42-39-,46-43-,51-48-,55-52-. The summed E-state index contributed by atoms with van der Waals surface area (Å²) in [4.78, 5) is 38.1. The topological polar surface area (TPSA) is 78.9 Å². The Morgan fingerprint density at radius 1 is 0.288 bits per heavy atom. The molecule has 0 saturated heterocycles. The number of hydrogen-bond donors (Lipinski definition) is 0. The number of esters is 3. The molecule has 0 rings (SSSR count). The van der Waals surface area contributed by atoms with Crippen LogP contribution in [0.1, 0.15) is 201 Å². The van der Waals surface area contributed by atoms with Crippen molar-refractivity contribution in [3.63, 3.8) is 0 Å². The molecular formula is C67H100O6. The molecule has 404 valence electrons. The van der Waals surface area contributed by atoms with E-state index in [9.17, 15) is 14.4 Å². The van der Waals surface area contributed by atoms with Crippen molar-refractivity contribution >= 4 is 17.9 Å². The molecule has 0 bridgehead atoms. The van der Waals surface area contributed by atoms with Crippen LogP contribution in [0.2, 0.25) is 0 Å². The molecule has 0 N–H and O–H groups in total. The van der Waals surface area contributed by atoms with Crippen LogP contribution < -0.4 is 0 Å². The smallest absolute Gasteiger partial charge is 0.306 e. The predicted molar refractivity (Wildman–Crippen MR) is 315 cm³/mol. The number of rotatable bonds is 48. The zero-order chi connectivity index (χ0) is 52.9. The number of carbonyl (C=O) groups is 3. The van der Waals surface area contributed by atoms with E-state index in [4.69, 9.17) is 14.2 Å². The molecule has 0 saturated carbocycles. The van der Waals surface area contributed by atoms with E-state index < -0.39 is 12.1 Å². The summed E-state index contributed by atoms with van der Waals surface area (Å²) in [7, 11) is 0. The minimum atomic E-state index is -0.859. The number of carbonyl (C=O) groups excluding carboxylic acids is 3. The highest BCUT2D eigenvalue weighted by Gasteiger charge is 2.19. The van der Waals surface area contributed by atoms with Gasteiger partial charge < -0.3 is 14.2 Å². The normalized spacial score (nSPS) is 13.5. The van der Waals surface area contributed by atoms with Gasteiger partial charge in [-0.2, -0.15) is 0 Å². The fraction of sp³-hybridized carbons (Fsp3) is 0.507. The summed E-state index contributed by atoms with van der Waals surface area (Å²) in [5.74, 6) is -1.12. The number of ether oxygens (including phenoxy) is 3. The van der Waals surface area contributed by atoms with Crippen LogP contribution in [0, 0.1) is 0 Å². The average Bonchev–Trinajstić information content (AvgIpc) is 3.39. The third-order valence-corrected chi connectivity index (χ3v) is 10.9. The highest BCUT2D eigenvalue weighted by molar-refractivity contribution is 5.71. The fourth-order valence-corrected chi connectivity index (χ4v) is 6.73. The summed E-state index contributed by atoms with van der Waals surface area (Å²) in [5, 5.41) is 0. The van der Waals surface area contributed by atoms with Crippen molar-refractivity contribution in [3.8, 4) is 0 Å². The Morgan fingerprint density at radius 3 is 0.945 bits per heavy atom. The summed E-state index contributed by atoms with van der Waals surface area (Å²) in [6, 6.07) is 0. The van der Waals surface area contributed by atoms with E-state index >= 15 is 0 Å². The highest BCUT2D eigenvalue weighted by Crippen LogP contribution is 2.11. The van der Waals surface area contributed by atoms with E-state index in [-0.39, 0.29) is 38.0 Å². The number of hydrogen-bond acceptors (Lipinski definition) is 6. The Balaban J connectivity index is 4.64. The summed E-state index contributed by atoms with van der Waals surface area (Å²) < 4.78 is 16.7. The van der Waals surface area contributed by atoms with Gasteiger partial charge in [-0.25, -0.2) is 0 Å². The molecule has 73 heavy (non-hydrogen) atoms. The lowest BCUT2D eigenvalue weighted by Crippen LogP contribution is -2.30. The molecule has 0 amide bonds. The van der Waals surface area contributed by atoms with Gasteiger partial charge in [0, 0.05) is 19.3 Å². The average molecular weight is 1000 g/mol. The molecule has 6 heteroatoms. The zero-order valence-electron chi connectivity index (χ0n) is 46.1. The van der Waals surface area contributed by atoms with Gasteiger partial charge in [0.2, 0.25) is 0 Å². The van der Waals surface area contributed by atoms with E-state index in [1.165, 1.54) is 6.42 Å². The first-order valence-corrected chi connectivity index (χ1v) is 28.3. The first kappa shape index (κ1) is 67.5. The van der Waals surface area contributed by atoms with Crippen molar-refractivity contribution in [2.45, 2.75) is 207 Å². The van der Waals surface area contributed by atoms with E-state index in [2.05, 4.69) is 191 Å². The number of allylic oxidation sites excluding steroid dienone is 30. The lowest BCUT2D eigenvalue weighted by atomic mass is 10.1. The molecule has 1 unspecified atom stereocenters. The van der Waals surface area contributed by atoms with Gasteiger partial charge >= 0.3 is 17.9 Å². The molecule has 0 fully saturated rings. The van der Waals surface area contributed by atoms with Crippen LogP contribution in [0.3, 0.4) is 0 Å². The minimum Gasteiger partial charge on any atom is -0.462 e. The fourth-order valence-electron chi connectivity index (χ4n) is 6.73. The molecule has 0 aliphatic rings. The van der Waals surface area contributed by atoms with Gasteiger partial charge in [-0.15, -0.1) is 0 Å². The summed E-state index contributed by atoms with van der Waals surface area (Å²) in [5.41, 5.74) is 0. The molecule has 0 aliphatic heterocycles. The monoisotopic (exact) mass is 1000 g/mol. The summed E-state index contributed by atoms with van der Waals surface area (Å²) in [6.07, 6.45) is 89.0. The Labute approximate surface area is 446 Å². The van der Waals surface area contributed by atoms with Gasteiger partial charge in [-0.3, -0.25) is 14.4 Å². The van der Waals surface area contributed by atoms with Crippen LogP contribution in [0.15, 0.2) is 182 Å². The lowest BCUT2D eigenvalue weighted by Gasteiger charge is -2.18. The van der Waals surface area contributed by atoms with Gasteiger partial charge in [-0.1, -0.05) is 229 Å². The summed E-state index contributed by atoms with van der Waals surface area (Å²) >= 11 is 0. The van der Waals surface area contributed by atoms with E-state index in [1.54, 1.807) is 0 Å². The SMILES string of the molecule is CC/C=C\C/C=C\C/C=C\C/C=C\C/C=C\C/C=C\C/C=C\CCCC(=O)OCC(COC(=O)CCCCCCC/C=C\C/C=C\CCC)OC(=O)CC/C=C\C/C=C\C/C=C\C/C=C\C/C=C\C/C=C\CC. The van der Waals surface area contributed by atoms with Crippen molar-refractivity contribution in [2.24, 2.45) is 0 Å². The second-order valence-corrected chi connectivity index (χ2v) is 17.7. The van der Waals surface area contributed by atoms with Crippen LogP contribution in [0.25, 0.3) is 0 Å². The Morgan fingerprint density at radius 2 is 0.575 bits per heavy atom. The van der Waals surface area contributed by atoms with E-state index in [0.29, 0.717) is 19.3 Å². The van der Waals surface area contributed by atoms with Crippen LogP contribution >= 0.6 is 0 Å². The Kier molecular flexibility index (Phi) is 54.6. The van der Waals surface area contributed by atoms with Gasteiger partial charge in [0.1, 0.15) is 13.2 Å². The van der Waals surface area contributed by atoms with Gasteiger partial charge in [0.25, 0.3) is 0 Å². The van der Waals surface area contributed by atoms with Crippen molar-refractivity contribution in [2.75, 3.05) is 13.2 Å². The zero-order valence-corrected chi connectivity index (χ0v) is 46.1. The molecule has 0 aliphatic carbocycles. The van der Waals surface area contributed by atoms with Crippen molar-refractivity contribution in [3.05, 3.63) is 182 Å². The number of unbranched alkanes of at least 4 members (excludes halogenated alkanes) is 7. The van der Waals surface area contributed by atoms with E-state index in [1.807, 2.05) is 12.2 Å². The minimum absolute atomic E-state index is 0.144. The maximum Gasteiger partial charge on any atom is 0.306 e. The molecule has 0 aromatic carbocycles. The van der Waals surface area contributed by atoms with Crippen LogP contribution in [0.4, 0.5) is 0 Å². The molecule has 0 radical (unpaired) electrons. The maximum absolute atomic E-state index is 12.8. The van der Waals surface area contributed by atoms with E-state index in [0.717, 1.165) is 141 Å². The largest absolute Gasteiger partial charge is 0.462 e. The Bertz CT molecular complexity index is 1770. The third kappa shape index (κ3) is 57.3. The van der Waals surface area contributed by atoms with Crippen molar-refractivity contribution in [1.29, 1.82) is 0 Å². The first-order valence-electron chi connectivity index (χ1n) is 28.3. The van der Waals surface area contributed by atoms with Crippen molar-refractivity contribution < 1.29 is 28.6 Å². The van der Waals surface area contributed by atoms with Gasteiger partial charge in [0.15, 0.2) is 6.10 Å². The molecular weight excluding hydrogens is 901 g/mol.